The number of benzene rings is 1. The molecule has 2 saturated heterocycles. The average molecular weight is 217 g/mol. The topological polar surface area (TPSA) is 29.5 Å². The molecular formula is C13H15NO2. The molecule has 3 nitrogen and oxygen atoms in total. The largest absolute Gasteiger partial charge is 0.352 e. The van der Waals surface area contributed by atoms with Crippen molar-refractivity contribution in [3.63, 3.8) is 0 Å². The van der Waals surface area contributed by atoms with Gasteiger partial charge < -0.3 is 4.74 Å². The molecule has 16 heavy (non-hydrogen) atoms. The first-order valence-corrected chi connectivity index (χ1v) is 5.66. The van der Waals surface area contributed by atoms with E-state index in [1.807, 2.05) is 25.1 Å². The van der Waals surface area contributed by atoms with Crippen LogP contribution in [0, 0.1) is 5.92 Å². The van der Waals surface area contributed by atoms with Gasteiger partial charge in [-0.25, -0.2) is 0 Å². The molecule has 0 spiro atoms. The van der Waals surface area contributed by atoms with Crippen LogP contribution in [0.4, 0.5) is 0 Å². The summed E-state index contributed by atoms with van der Waals surface area (Å²) >= 11 is 0. The molecule has 0 N–H and O–H groups in total. The Kier molecular flexibility index (Phi) is 2.13. The number of nitrogens with zero attached hydrogens (tertiary/aromatic N) is 1. The number of Topliss-reactive ketones (excluding diaryl/α,β-unsaturated/α-hetero) is 1. The lowest BCUT2D eigenvalue weighted by Gasteiger charge is -2.51. The van der Waals surface area contributed by atoms with Crippen LogP contribution >= 0.6 is 0 Å². The summed E-state index contributed by atoms with van der Waals surface area (Å²) < 4.78 is 5.61. The van der Waals surface area contributed by atoms with Crippen LogP contribution in [0.5, 0.6) is 0 Å². The van der Waals surface area contributed by atoms with Crippen molar-refractivity contribution in [1.29, 1.82) is 0 Å². The highest BCUT2D eigenvalue weighted by atomic mass is 16.5. The first kappa shape index (κ1) is 10.00. The van der Waals surface area contributed by atoms with Crippen molar-refractivity contribution in [3.05, 3.63) is 35.9 Å². The number of fused-ring (bicyclic) bond motifs is 1. The fraction of sp³-hybridized carbons (Fsp3) is 0.462. The maximum absolute atomic E-state index is 11.5. The number of ether oxygens (including phenoxy) is 1. The van der Waals surface area contributed by atoms with Crippen LogP contribution < -0.4 is 0 Å². The summed E-state index contributed by atoms with van der Waals surface area (Å²) in [6, 6.07) is 10.3. The van der Waals surface area contributed by atoms with Gasteiger partial charge in [-0.1, -0.05) is 30.3 Å². The summed E-state index contributed by atoms with van der Waals surface area (Å²) in [5.41, 5.74) is 0.928. The van der Waals surface area contributed by atoms with Crippen molar-refractivity contribution in [2.75, 3.05) is 13.2 Å². The molecule has 2 atom stereocenters. The Morgan fingerprint density at radius 1 is 1.44 bits per heavy atom. The summed E-state index contributed by atoms with van der Waals surface area (Å²) in [7, 11) is 0. The van der Waals surface area contributed by atoms with Crippen LogP contribution in [0.1, 0.15) is 12.5 Å². The van der Waals surface area contributed by atoms with Crippen LogP contribution in [0.3, 0.4) is 0 Å². The van der Waals surface area contributed by atoms with Crippen LogP contribution in [-0.2, 0) is 16.1 Å². The molecule has 2 heterocycles. The van der Waals surface area contributed by atoms with Crippen molar-refractivity contribution >= 4 is 5.78 Å². The summed E-state index contributed by atoms with van der Waals surface area (Å²) in [6.45, 7) is 4.01. The van der Waals surface area contributed by atoms with Crippen LogP contribution in [0.15, 0.2) is 30.3 Å². The summed E-state index contributed by atoms with van der Waals surface area (Å²) in [4.78, 5) is 13.7. The van der Waals surface area contributed by atoms with Crippen molar-refractivity contribution in [3.8, 4) is 0 Å². The lowest BCUT2D eigenvalue weighted by atomic mass is 9.84. The van der Waals surface area contributed by atoms with Crippen molar-refractivity contribution in [1.82, 2.24) is 4.90 Å². The Bertz CT molecular complexity index is 417. The normalized spacial score (nSPS) is 33.6. The first-order chi connectivity index (χ1) is 7.70. The van der Waals surface area contributed by atoms with Gasteiger partial charge in [0.05, 0.1) is 5.92 Å². The maximum atomic E-state index is 11.5. The molecule has 1 aromatic carbocycles. The van der Waals surface area contributed by atoms with E-state index in [9.17, 15) is 4.79 Å². The lowest BCUT2D eigenvalue weighted by molar-refractivity contribution is -0.205. The van der Waals surface area contributed by atoms with Gasteiger partial charge in [0.2, 0.25) is 0 Å². The Labute approximate surface area is 95.0 Å². The highest BCUT2D eigenvalue weighted by molar-refractivity contribution is 5.86. The fourth-order valence-electron chi connectivity index (χ4n) is 2.61. The second-order valence-corrected chi connectivity index (χ2v) is 4.73. The van der Waals surface area contributed by atoms with E-state index in [2.05, 4.69) is 17.0 Å². The van der Waals surface area contributed by atoms with Gasteiger partial charge in [0.1, 0.15) is 12.3 Å². The zero-order chi connectivity index (χ0) is 11.2. The third kappa shape index (κ3) is 1.32. The maximum Gasteiger partial charge on any atom is 0.167 e. The van der Waals surface area contributed by atoms with Gasteiger partial charge in [0, 0.05) is 13.1 Å². The summed E-state index contributed by atoms with van der Waals surface area (Å²) in [5, 5.41) is 0. The zero-order valence-corrected chi connectivity index (χ0v) is 9.35. The molecule has 0 radical (unpaired) electrons. The molecular weight excluding hydrogens is 202 g/mol. The number of likely N-dealkylation sites (tertiary alicyclic amines) is 1. The molecule has 0 aliphatic carbocycles. The second kappa shape index (κ2) is 3.40. The third-order valence-electron chi connectivity index (χ3n) is 3.79. The van der Waals surface area contributed by atoms with E-state index in [0.717, 1.165) is 13.1 Å². The molecule has 0 amide bonds. The summed E-state index contributed by atoms with van der Waals surface area (Å²) in [6.07, 6.45) is 0. The minimum atomic E-state index is -0.340. The molecule has 0 aromatic heterocycles. The Morgan fingerprint density at radius 2 is 2.19 bits per heavy atom. The number of carbonyl (C=O) groups excluding carboxylic acids is 1. The number of hydrogen-bond acceptors (Lipinski definition) is 3. The van der Waals surface area contributed by atoms with Crippen molar-refractivity contribution < 1.29 is 9.53 Å². The Balaban J connectivity index is 1.73. The molecule has 3 heteroatoms. The van der Waals surface area contributed by atoms with E-state index in [1.165, 1.54) is 5.56 Å². The summed E-state index contributed by atoms with van der Waals surface area (Å²) in [5.74, 6) is 0.350. The van der Waals surface area contributed by atoms with Crippen LogP contribution in [0.2, 0.25) is 0 Å². The van der Waals surface area contributed by atoms with Gasteiger partial charge in [0.15, 0.2) is 5.78 Å². The van der Waals surface area contributed by atoms with E-state index >= 15 is 0 Å². The molecule has 2 aliphatic heterocycles. The molecule has 2 unspecified atom stereocenters. The zero-order valence-electron chi connectivity index (χ0n) is 9.35. The average Bonchev–Trinajstić information content (AvgIpc) is 2.52. The number of ketones is 1. The van der Waals surface area contributed by atoms with Gasteiger partial charge in [-0.15, -0.1) is 0 Å². The Hall–Kier alpha value is -1.19. The quantitative estimate of drug-likeness (QED) is 0.750. The van der Waals surface area contributed by atoms with E-state index in [0.29, 0.717) is 0 Å². The van der Waals surface area contributed by atoms with Crippen LogP contribution in [-0.4, -0.2) is 29.6 Å². The third-order valence-corrected chi connectivity index (χ3v) is 3.79. The predicted molar refractivity (Wildman–Crippen MR) is 59.7 cm³/mol. The van der Waals surface area contributed by atoms with Crippen molar-refractivity contribution in [2.24, 2.45) is 5.92 Å². The standard InChI is InChI=1S/C13H15NO2/c1-13-11(12(15)9-16-13)8-14(13)7-10-5-3-2-4-6-10/h2-6,11H,7-9H2,1H3. The van der Waals surface area contributed by atoms with Gasteiger partial charge in [-0.05, 0) is 12.5 Å². The highest BCUT2D eigenvalue weighted by Crippen LogP contribution is 2.43. The second-order valence-electron chi connectivity index (χ2n) is 4.73. The minimum Gasteiger partial charge on any atom is -0.352 e. The Morgan fingerprint density at radius 3 is 2.88 bits per heavy atom. The molecule has 3 rings (SSSR count). The number of rotatable bonds is 2. The van der Waals surface area contributed by atoms with Crippen LogP contribution in [0.25, 0.3) is 0 Å². The lowest BCUT2D eigenvalue weighted by Crippen LogP contribution is -2.64. The van der Waals surface area contributed by atoms with Gasteiger partial charge in [-0.2, -0.15) is 0 Å². The molecule has 0 saturated carbocycles. The monoisotopic (exact) mass is 217 g/mol. The van der Waals surface area contributed by atoms with E-state index < -0.39 is 0 Å². The molecule has 84 valence electrons. The highest BCUT2D eigenvalue weighted by Gasteiger charge is 2.58. The minimum absolute atomic E-state index is 0.0937. The number of hydrogen-bond donors (Lipinski definition) is 0. The SMILES string of the molecule is CC12OCC(=O)C1CN2Cc1ccccc1. The molecule has 0 bridgehead atoms. The van der Waals surface area contributed by atoms with Gasteiger partial charge in [-0.3, -0.25) is 9.69 Å². The smallest absolute Gasteiger partial charge is 0.167 e. The molecule has 2 fully saturated rings. The van der Waals surface area contributed by atoms with Crippen molar-refractivity contribution in [2.45, 2.75) is 19.2 Å². The predicted octanol–water partition coefficient (Wildman–Crippen LogP) is 1.43. The van der Waals surface area contributed by atoms with E-state index in [4.69, 9.17) is 4.74 Å². The molecule has 2 aliphatic rings. The number of carbonyl (C=O) groups is 1. The van der Waals surface area contributed by atoms with Gasteiger partial charge in [0.25, 0.3) is 0 Å². The fourth-order valence-corrected chi connectivity index (χ4v) is 2.61. The molecule has 1 aromatic rings. The first-order valence-electron chi connectivity index (χ1n) is 5.66. The van der Waals surface area contributed by atoms with Gasteiger partial charge >= 0.3 is 0 Å². The van der Waals surface area contributed by atoms with E-state index in [1.54, 1.807) is 0 Å². The van der Waals surface area contributed by atoms with E-state index in [-0.39, 0.29) is 24.0 Å².